The van der Waals surface area contributed by atoms with E-state index in [9.17, 15) is 19.8 Å². The van der Waals surface area contributed by atoms with Crippen LogP contribution in [0.2, 0.25) is 0 Å². The summed E-state index contributed by atoms with van der Waals surface area (Å²) in [7, 11) is 3.10. The molecule has 0 unspecified atom stereocenters. The average molecular weight is 242 g/mol. The van der Waals surface area contributed by atoms with E-state index in [1.54, 1.807) is 14.1 Å². The van der Waals surface area contributed by atoms with Crippen LogP contribution in [0.1, 0.15) is 0 Å². The third-order valence-electron chi connectivity index (χ3n) is 0.642. The predicted octanol–water partition coefficient (Wildman–Crippen LogP) is -4.09. The SMILES string of the molecule is CNCC(=O)[O-].CNCC(=O)[O-].[Zn+2]. The van der Waals surface area contributed by atoms with Gasteiger partial charge in [0, 0.05) is 13.1 Å². The topological polar surface area (TPSA) is 104 Å². The van der Waals surface area contributed by atoms with Crippen molar-refractivity contribution in [1.29, 1.82) is 0 Å². The van der Waals surface area contributed by atoms with Crippen LogP contribution in [0.3, 0.4) is 0 Å². The molecule has 0 radical (unpaired) electrons. The van der Waals surface area contributed by atoms with Gasteiger partial charge in [0.25, 0.3) is 0 Å². The van der Waals surface area contributed by atoms with Crippen molar-refractivity contribution in [3.63, 3.8) is 0 Å². The third-order valence-corrected chi connectivity index (χ3v) is 0.642. The summed E-state index contributed by atoms with van der Waals surface area (Å²) in [5, 5.41) is 23.7. The molecule has 0 rings (SSSR count). The van der Waals surface area contributed by atoms with Crippen LogP contribution in [0, 0.1) is 0 Å². The van der Waals surface area contributed by atoms with E-state index < -0.39 is 11.9 Å². The number of aliphatic carboxylic acids is 2. The molecule has 0 aliphatic carbocycles. The number of carbonyl (C=O) groups excluding carboxylic acids is 2. The number of carboxylic acids is 2. The molecule has 0 aromatic rings. The second-order valence-corrected chi connectivity index (χ2v) is 1.80. The minimum atomic E-state index is -1.07. The van der Waals surface area contributed by atoms with Crippen LogP contribution in [-0.4, -0.2) is 39.1 Å². The molecule has 0 heterocycles. The Kier molecular flexibility index (Phi) is 19.8. The number of carboxylic acid groups (broad SMARTS) is 2. The molecule has 7 heteroatoms. The van der Waals surface area contributed by atoms with Gasteiger partial charge in [0.05, 0.1) is 11.9 Å². The Morgan fingerprint density at radius 2 is 1.23 bits per heavy atom. The Hall–Kier alpha value is -0.517. The predicted molar refractivity (Wildman–Crippen MR) is 37.9 cm³/mol. The second kappa shape index (κ2) is 14.0. The first-order chi connectivity index (χ1) is 5.54. The molecule has 0 aliphatic rings. The quantitative estimate of drug-likeness (QED) is 0.485. The van der Waals surface area contributed by atoms with E-state index in [1.165, 1.54) is 0 Å². The van der Waals surface area contributed by atoms with Gasteiger partial charge in [0.2, 0.25) is 0 Å². The second-order valence-electron chi connectivity index (χ2n) is 1.80. The molecular formula is C6H12N2O4Zn. The molecule has 72 valence electrons. The van der Waals surface area contributed by atoms with Crippen molar-refractivity contribution in [2.24, 2.45) is 0 Å². The molecule has 0 aliphatic heterocycles. The van der Waals surface area contributed by atoms with Crippen molar-refractivity contribution in [2.45, 2.75) is 0 Å². The van der Waals surface area contributed by atoms with Crippen molar-refractivity contribution in [3.05, 3.63) is 0 Å². The summed E-state index contributed by atoms with van der Waals surface area (Å²) < 4.78 is 0. The van der Waals surface area contributed by atoms with E-state index in [4.69, 9.17) is 0 Å². The minimum Gasteiger partial charge on any atom is -0.549 e. The van der Waals surface area contributed by atoms with Crippen molar-refractivity contribution >= 4 is 11.9 Å². The number of likely N-dealkylation sites (N-methyl/N-ethyl adjacent to an activating group) is 2. The van der Waals surface area contributed by atoms with E-state index in [-0.39, 0.29) is 32.6 Å². The third kappa shape index (κ3) is 34.3. The molecule has 0 saturated heterocycles. The summed E-state index contributed by atoms with van der Waals surface area (Å²) in [6.07, 6.45) is 0. The van der Waals surface area contributed by atoms with Gasteiger partial charge < -0.3 is 30.4 Å². The summed E-state index contributed by atoms with van der Waals surface area (Å²) in [6, 6.07) is 0. The molecule has 0 fully saturated rings. The molecule has 2 N–H and O–H groups in total. The Morgan fingerprint density at radius 3 is 1.23 bits per heavy atom. The number of hydrogen-bond donors (Lipinski definition) is 2. The van der Waals surface area contributed by atoms with Gasteiger partial charge in [-0.25, -0.2) is 0 Å². The van der Waals surface area contributed by atoms with Gasteiger partial charge in [-0.05, 0) is 14.1 Å². The van der Waals surface area contributed by atoms with Crippen LogP contribution in [0.5, 0.6) is 0 Å². The van der Waals surface area contributed by atoms with Gasteiger partial charge in [-0.2, -0.15) is 0 Å². The van der Waals surface area contributed by atoms with Crippen molar-refractivity contribution in [3.8, 4) is 0 Å². The van der Waals surface area contributed by atoms with Gasteiger partial charge in [0.15, 0.2) is 0 Å². The maximum Gasteiger partial charge on any atom is 2.00 e. The zero-order valence-electron chi connectivity index (χ0n) is 7.75. The van der Waals surface area contributed by atoms with Gasteiger partial charge in [0.1, 0.15) is 0 Å². The summed E-state index contributed by atoms with van der Waals surface area (Å²) in [5.74, 6) is -2.14. The number of nitrogens with one attached hydrogen (secondary N) is 2. The first kappa shape index (κ1) is 18.3. The monoisotopic (exact) mass is 240 g/mol. The zero-order chi connectivity index (χ0) is 9.98. The minimum absolute atomic E-state index is 0. The molecule has 0 amide bonds. The summed E-state index contributed by atoms with van der Waals surface area (Å²) >= 11 is 0. The maximum absolute atomic E-state index is 9.43. The Bertz CT molecular complexity index is 127. The largest absolute Gasteiger partial charge is 2.00 e. The molecule has 0 spiro atoms. The molecule has 0 aromatic heterocycles. The van der Waals surface area contributed by atoms with Crippen molar-refractivity contribution in [2.75, 3.05) is 27.2 Å². The fourth-order valence-corrected chi connectivity index (χ4v) is 0.289. The molecule has 0 aromatic carbocycles. The van der Waals surface area contributed by atoms with Crippen molar-refractivity contribution in [1.82, 2.24) is 10.6 Å². The number of hydrogen-bond acceptors (Lipinski definition) is 6. The molecule has 13 heavy (non-hydrogen) atoms. The van der Waals surface area contributed by atoms with Crippen LogP contribution in [0.15, 0.2) is 0 Å². The van der Waals surface area contributed by atoms with Gasteiger partial charge in [-0.3, -0.25) is 0 Å². The molecule has 6 nitrogen and oxygen atoms in total. The van der Waals surface area contributed by atoms with E-state index in [0.717, 1.165) is 0 Å². The summed E-state index contributed by atoms with van der Waals surface area (Å²) in [5.41, 5.74) is 0. The molecule has 0 atom stereocenters. The van der Waals surface area contributed by atoms with E-state index in [1.807, 2.05) is 0 Å². The Morgan fingerprint density at radius 1 is 1.00 bits per heavy atom. The smallest absolute Gasteiger partial charge is 0.549 e. The van der Waals surface area contributed by atoms with Crippen LogP contribution >= 0.6 is 0 Å². The zero-order valence-corrected chi connectivity index (χ0v) is 10.7. The van der Waals surface area contributed by atoms with E-state index in [2.05, 4.69) is 10.6 Å². The molecule has 0 saturated carbocycles. The summed E-state index contributed by atoms with van der Waals surface area (Å²) in [6.45, 7) is -0.139. The van der Waals surface area contributed by atoms with Crippen LogP contribution in [-0.2, 0) is 29.1 Å². The Balaban J connectivity index is -0.000000143. The first-order valence-electron chi connectivity index (χ1n) is 3.23. The fourth-order valence-electron chi connectivity index (χ4n) is 0.289. The van der Waals surface area contributed by atoms with Gasteiger partial charge in [-0.1, -0.05) is 0 Å². The van der Waals surface area contributed by atoms with Crippen LogP contribution < -0.4 is 20.8 Å². The normalized spacial score (nSPS) is 7.54. The first-order valence-corrected chi connectivity index (χ1v) is 3.23. The van der Waals surface area contributed by atoms with Gasteiger partial charge >= 0.3 is 19.5 Å². The van der Waals surface area contributed by atoms with Gasteiger partial charge in [-0.15, -0.1) is 0 Å². The summed E-state index contributed by atoms with van der Waals surface area (Å²) in [4.78, 5) is 18.9. The van der Waals surface area contributed by atoms with Crippen molar-refractivity contribution < 1.29 is 39.3 Å². The molecular weight excluding hydrogens is 229 g/mol. The molecule has 0 bridgehead atoms. The average Bonchev–Trinajstić information content (AvgIpc) is 1.87. The standard InChI is InChI=1S/2C3H7NO2.Zn/c2*1-4-2-3(5)6;/h2*4H,2H2,1H3,(H,5,6);/q;;+2/p-2. The van der Waals surface area contributed by atoms with E-state index >= 15 is 0 Å². The fraction of sp³-hybridized carbons (Fsp3) is 0.667. The Labute approximate surface area is 89.5 Å². The van der Waals surface area contributed by atoms with E-state index in [0.29, 0.717) is 0 Å². The number of carbonyl (C=O) groups is 2. The van der Waals surface area contributed by atoms with Crippen LogP contribution in [0.4, 0.5) is 0 Å². The van der Waals surface area contributed by atoms with Crippen LogP contribution in [0.25, 0.3) is 0 Å². The number of rotatable bonds is 4. The maximum atomic E-state index is 9.43.